The van der Waals surface area contributed by atoms with Crippen LogP contribution in [0.15, 0.2) is 35.4 Å². The van der Waals surface area contributed by atoms with Crippen molar-refractivity contribution in [3.8, 4) is 6.07 Å². The summed E-state index contributed by atoms with van der Waals surface area (Å²) in [4.78, 5) is 22.5. The lowest BCUT2D eigenvalue weighted by molar-refractivity contribution is 0.101. The minimum atomic E-state index is -0.0565. The van der Waals surface area contributed by atoms with Crippen LogP contribution in [0.2, 0.25) is 0 Å². The Balaban J connectivity index is 1.69. The van der Waals surface area contributed by atoms with Gasteiger partial charge >= 0.3 is 0 Å². The number of pyridine rings is 2. The highest BCUT2D eigenvalue weighted by atomic mass is 16.1. The van der Waals surface area contributed by atoms with Crippen molar-refractivity contribution < 1.29 is 0 Å². The Morgan fingerprint density at radius 2 is 1.89 bits per heavy atom. The third-order valence-electron chi connectivity index (χ3n) is 7.54. The molecule has 3 aromatic heterocycles. The van der Waals surface area contributed by atoms with Crippen molar-refractivity contribution in [3.63, 3.8) is 0 Å². The van der Waals surface area contributed by atoms with Gasteiger partial charge in [0.1, 0.15) is 12.1 Å². The zero-order chi connectivity index (χ0) is 25.3. The molecule has 1 aliphatic rings. The third kappa shape index (κ3) is 4.70. The van der Waals surface area contributed by atoms with Crippen LogP contribution in [0.1, 0.15) is 70.7 Å². The van der Waals surface area contributed by atoms with Gasteiger partial charge < -0.3 is 9.47 Å². The summed E-state index contributed by atoms with van der Waals surface area (Å²) in [6.45, 7) is 12.9. The number of nitriles is 1. The lowest BCUT2D eigenvalue weighted by Gasteiger charge is -2.49. The lowest BCUT2D eigenvalue weighted by atomic mass is 9.96. The maximum atomic E-state index is 12.9. The molecule has 0 N–H and O–H groups in total. The average molecular weight is 476 g/mol. The van der Waals surface area contributed by atoms with Gasteiger partial charge in [0, 0.05) is 56.2 Å². The second kappa shape index (κ2) is 10.2. The summed E-state index contributed by atoms with van der Waals surface area (Å²) in [6, 6.07) is 9.07. The Kier molecular flexibility index (Phi) is 7.27. The SMILES string of the molecule is CC[C@H]1CN([C@@H](C)c2ccc(C(C)C)nc2)[C@H](CC)CN1c1cc(=O)n(C)c2cn(CC#N)nc12. The van der Waals surface area contributed by atoms with Gasteiger partial charge in [-0.3, -0.25) is 19.4 Å². The molecule has 3 atom stereocenters. The van der Waals surface area contributed by atoms with E-state index in [9.17, 15) is 4.79 Å². The number of fused-ring (bicyclic) bond motifs is 1. The fourth-order valence-electron chi connectivity index (χ4n) is 5.26. The molecule has 3 aromatic rings. The predicted octanol–water partition coefficient (Wildman–Crippen LogP) is 4.22. The molecule has 0 amide bonds. The monoisotopic (exact) mass is 475 g/mol. The fourth-order valence-corrected chi connectivity index (χ4v) is 5.26. The van der Waals surface area contributed by atoms with Crippen LogP contribution in [-0.2, 0) is 13.6 Å². The minimum absolute atomic E-state index is 0.0565. The van der Waals surface area contributed by atoms with Gasteiger partial charge in [-0.2, -0.15) is 10.4 Å². The molecule has 35 heavy (non-hydrogen) atoms. The van der Waals surface area contributed by atoms with Crippen molar-refractivity contribution in [3.05, 3.63) is 52.2 Å². The number of anilines is 1. The summed E-state index contributed by atoms with van der Waals surface area (Å²) in [6.07, 6.45) is 5.80. The van der Waals surface area contributed by atoms with Crippen LogP contribution in [0.3, 0.4) is 0 Å². The Labute approximate surface area is 207 Å². The number of aromatic nitrogens is 4. The van der Waals surface area contributed by atoms with Crippen molar-refractivity contribution >= 4 is 16.7 Å². The summed E-state index contributed by atoms with van der Waals surface area (Å²) in [5.74, 6) is 0.419. The first-order valence-corrected chi connectivity index (χ1v) is 12.7. The topological polar surface area (TPSA) is 83.0 Å². The van der Waals surface area contributed by atoms with Crippen molar-refractivity contribution in [2.75, 3.05) is 18.0 Å². The summed E-state index contributed by atoms with van der Waals surface area (Å²) >= 11 is 0. The molecule has 1 aliphatic heterocycles. The van der Waals surface area contributed by atoms with Gasteiger partial charge in [0.15, 0.2) is 0 Å². The molecular weight excluding hydrogens is 438 g/mol. The van der Waals surface area contributed by atoms with Crippen LogP contribution >= 0.6 is 0 Å². The third-order valence-corrected chi connectivity index (χ3v) is 7.54. The van der Waals surface area contributed by atoms with E-state index in [1.54, 1.807) is 28.6 Å². The number of nitrogens with zero attached hydrogens (tertiary/aromatic N) is 7. The second-order valence-electron chi connectivity index (χ2n) is 9.97. The van der Waals surface area contributed by atoms with Crippen LogP contribution < -0.4 is 10.5 Å². The standard InChI is InChI=1S/C27H37N7O/c1-7-21-16-34(24-13-26(35)31(6)25-17-32(12-11-28)30-27(24)25)22(8-2)15-33(21)19(5)20-9-10-23(18(3)4)29-14-20/h9-10,13-14,17-19,21-22H,7-8,12,15-16H2,1-6H3/t19-,21+,22-/m0/s1. The van der Waals surface area contributed by atoms with Crippen molar-refractivity contribution in [2.24, 2.45) is 7.05 Å². The van der Waals surface area contributed by atoms with E-state index < -0.39 is 0 Å². The highest BCUT2D eigenvalue weighted by Crippen LogP contribution is 2.34. The Morgan fingerprint density at radius 3 is 2.49 bits per heavy atom. The molecule has 0 aromatic carbocycles. The van der Waals surface area contributed by atoms with Gasteiger partial charge in [0.05, 0.1) is 23.5 Å². The number of piperazine rings is 1. The number of rotatable bonds is 7. The van der Waals surface area contributed by atoms with E-state index in [1.807, 2.05) is 6.20 Å². The largest absolute Gasteiger partial charge is 0.364 e. The lowest BCUT2D eigenvalue weighted by Crippen LogP contribution is -2.58. The molecular formula is C27H37N7O. The van der Waals surface area contributed by atoms with E-state index >= 15 is 0 Å². The fraction of sp³-hybridized carbons (Fsp3) is 0.556. The average Bonchev–Trinajstić information content (AvgIpc) is 3.29. The normalized spacial score (nSPS) is 19.9. The molecule has 1 fully saturated rings. The zero-order valence-corrected chi connectivity index (χ0v) is 21.8. The van der Waals surface area contributed by atoms with Gasteiger partial charge in [-0.25, -0.2) is 0 Å². The van der Waals surface area contributed by atoms with Gasteiger partial charge in [-0.1, -0.05) is 33.8 Å². The van der Waals surface area contributed by atoms with Crippen LogP contribution in [0.4, 0.5) is 5.69 Å². The molecule has 8 heteroatoms. The Bertz CT molecular complexity index is 1270. The molecule has 0 bridgehead atoms. The van der Waals surface area contributed by atoms with Crippen molar-refractivity contribution in [2.45, 2.75) is 78.0 Å². The van der Waals surface area contributed by atoms with Crippen LogP contribution in [-0.4, -0.2) is 49.4 Å². The quantitative estimate of drug-likeness (QED) is 0.509. The van der Waals surface area contributed by atoms with E-state index in [4.69, 9.17) is 15.3 Å². The van der Waals surface area contributed by atoms with E-state index in [2.05, 4.69) is 62.6 Å². The molecule has 1 saturated heterocycles. The number of hydrogen-bond donors (Lipinski definition) is 0. The smallest absolute Gasteiger partial charge is 0.252 e. The Hall–Kier alpha value is -3.18. The number of aryl methyl sites for hydroxylation is 1. The predicted molar refractivity (Wildman–Crippen MR) is 140 cm³/mol. The maximum absolute atomic E-state index is 12.9. The zero-order valence-electron chi connectivity index (χ0n) is 21.8. The first-order valence-electron chi connectivity index (χ1n) is 12.7. The maximum Gasteiger partial charge on any atom is 0.252 e. The molecule has 186 valence electrons. The van der Waals surface area contributed by atoms with Gasteiger partial charge in [0.2, 0.25) is 0 Å². The van der Waals surface area contributed by atoms with Crippen LogP contribution in [0.5, 0.6) is 0 Å². The van der Waals surface area contributed by atoms with Gasteiger partial charge in [-0.15, -0.1) is 0 Å². The van der Waals surface area contributed by atoms with Crippen molar-refractivity contribution in [1.82, 2.24) is 24.2 Å². The molecule has 0 aliphatic carbocycles. The highest BCUT2D eigenvalue weighted by molar-refractivity contribution is 5.88. The molecule has 0 saturated carbocycles. The first kappa shape index (κ1) is 24.9. The van der Waals surface area contributed by atoms with E-state index in [1.165, 1.54) is 5.56 Å². The summed E-state index contributed by atoms with van der Waals surface area (Å²) < 4.78 is 3.24. The van der Waals surface area contributed by atoms with E-state index in [0.29, 0.717) is 12.0 Å². The van der Waals surface area contributed by atoms with Crippen molar-refractivity contribution in [1.29, 1.82) is 5.26 Å². The van der Waals surface area contributed by atoms with E-state index in [-0.39, 0.29) is 24.2 Å². The first-order chi connectivity index (χ1) is 16.8. The van der Waals surface area contributed by atoms with Crippen LogP contribution in [0.25, 0.3) is 11.0 Å². The molecule has 0 unspecified atom stereocenters. The Morgan fingerprint density at radius 1 is 1.14 bits per heavy atom. The summed E-state index contributed by atoms with van der Waals surface area (Å²) in [7, 11) is 1.76. The van der Waals surface area contributed by atoms with Crippen LogP contribution in [0, 0.1) is 11.3 Å². The van der Waals surface area contributed by atoms with E-state index in [0.717, 1.165) is 48.3 Å². The highest BCUT2D eigenvalue weighted by Gasteiger charge is 2.36. The minimum Gasteiger partial charge on any atom is -0.364 e. The number of hydrogen-bond acceptors (Lipinski definition) is 6. The summed E-state index contributed by atoms with van der Waals surface area (Å²) in [5.41, 5.74) is 4.72. The van der Waals surface area contributed by atoms with Gasteiger partial charge in [0.25, 0.3) is 5.56 Å². The second-order valence-corrected chi connectivity index (χ2v) is 9.97. The molecule has 8 nitrogen and oxygen atoms in total. The molecule has 0 radical (unpaired) electrons. The molecule has 4 rings (SSSR count). The molecule has 0 spiro atoms. The molecule has 4 heterocycles. The summed E-state index contributed by atoms with van der Waals surface area (Å²) in [5, 5.41) is 13.8. The van der Waals surface area contributed by atoms with Gasteiger partial charge in [-0.05, 0) is 37.3 Å².